The minimum Gasteiger partial charge on any atom is -0.126 e. The van der Waals surface area contributed by atoms with E-state index in [9.17, 15) is 0 Å². The molecule has 2 aliphatic rings. The molecule has 2 aliphatic heterocycles. The zero-order chi connectivity index (χ0) is 8.44. The van der Waals surface area contributed by atoms with E-state index in [1.807, 2.05) is 0 Å². The Morgan fingerprint density at radius 2 is 1.75 bits per heavy atom. The highest BCUT2D eigenvalue weighted by Gasteiger charge is 2.39. The minimum atomic E-state index is -0.688. The van der Waals surface area contributed by atoms with Gasteiger partial charge in [-0.2, -0.15) is 0 Å². The summed E-state index contributed by atoms with van der Waals surface area (Å²) in [5.41, 5.74) is 0. The van der Waals surface area contributed by atoms with E-state index in [4.69, 9.17) is 11.6 Å². The molecule has 0 aromatic rings. The topological polar surface area (TPSA) is 0 Å². The number of alkyl halides is 1. The van der Waals surface area contributed by atoms with Crippen LogP contribution in [0.1, 0.15) is 25.7 Å². The van der Waals surface area contributed by atoms with Crippen LogP contribution in [0.5, 0.6) is 0 Å². The summed E-state index contributed by atoms with van der Waals surface area (Å²) in [5.74, 6) is 1.85. The first-order chi connectivity index (χ1) is 5.85. The van der Waals surface area contributed by atoms with Gasteiger partial charge in [0.15, 0.2) is 0 Å². The fourth-order valence-corrected chi connectivity index (χ4v) is 9.63. The maximum Gasteiger partial charge on any atom is 0.0538 e. The molecule has 0 aromatic carbocycles. The summed E-state index contributed by atoms with van der Waals surface area (Å²) in [6.45, 7) is 0. The van der Waals surface area contributed by atoms with Gasteiger partial charge in [-0.05, 0) is 12.3 Å². The van der Waals surface area contributed by atoms with E-state index in [2.05, 4.69) is 0 Å². The second-order valence-corrected chi connectivity index (χ2v) is 10.0. The number of halogens is 1. The molecule has 70 valence electrons. The molecule has 0 radical (unpaired) electrons. The van der Waals surface area contributed by atoms with Crippen molar-refractivity contribution in [2.24, 2.45) is 5.92 Å². The highest BCUT2D eigenvalue weighted by molar-refractivity contribution is 6.80. The Labute approximate surface area is 81.7 Å². The first-order valence-electron chi connectivity index (χ1n) is 5.41. The summed E-state index contributed by atoms with van der Waals surface area (Å²) in [6.07, 6.45) is 6.02. The molecule has 2 fully saturated rings. The van der Waals surface area contributed by atoms with E-state index in [-0.39, 0.29) is 0 Å². The molecule has 2 heteroatoms. The van der Waals surface area contributed by atoms with Gasteiger partial charge < -0.3 is 0 Å². The lowest BCUT2D eigenvalue weighted by Crippen LogP contribution is -2.36. The standard InChI is InChI=1S/C10H19ClSi/c11-8-10-4-3-7-12(9-10)5-1-2-6-12/h10H,1-9H2. The Kier molecular flexibility index (Phi) is 2.81. The van der Waals surface area contributed by atoms with Crippen LogP contribution in [0.4, 0.5) is 0 Å². The normalized spacial score (nSPS) is 34.2. The van der Waals surface area contributed by atoms with Crippen LogP contribution in [-0.4, -0.2) is 14.0 Å². The predicted octanol–water partition coefficient (Wildman–Crippen LogP) is 3.88. The van der Waals surface area contributed by atoms with E-state index in [0.29, 0.717) is 0 Å². The van der Waals surface area contributed by atoms with Gasteiger partial charge in [0.25, 0.3) is 0 Å². The summed E-state index contributed by atoms with van der Waals surface area (Å²) in [5, 5.41) is 0. The Hall–Kier alpha value is 0.507. The second-order valence-electron chi connectivity index (χ2n) is 4.82. The Balaban J connectivity index is 1.97. The predicted molar refractivity (Wildman–Crippen MR) is 57.7 cm³/mol. The molecule has 1 spiro atoms. The fourth-order valence-electron chi connectivity index (χ4n) is 3.29. The van der Waals surface area contributed by atoms with E-state index >= 15 is 0 Å². The van der Waals surface area contributed by atoms with Crippen LogP contribution in [0.3, 0.4) is 0 Å². The fraction of sp³-hybridized carbons (Fsp3) is 1.00. The SMILES string of the molecule is ClCC1CCC[Si]2(CCCC2)C1. The van der Waals surface area contributed by atoms with Crippen molar-refractivity contribution in [2.45, 2.75) is 49.9 Å². The summed E-state index contributed by atoms with van der Waals surface area (Å²) < 4.78 is 0. The van der Waals surface area contributed by atoms with Crippen LogP contribution < -0.4 is 0 Å². The molecule has 2 saturated heterocycles. The smallest absolute Gasteiger partial charge is 0.0538 e. The molecule has 12 heavy (non-hydrogen) atoms. The van der Waals surface area contributed by atoms with Crippen LogP contribution >= 0.6 is 11.6 Å². The van der Waals surface area contributed by atoms with Gasteiger partial charge in [-0.15, -0.1) is 11.6 Å². The van der Waals surface area contributed by atoms with Crippen molar-refractivity contribution in [3.05, 3.63) is 0 Å². The highest BCUT2D eigenvalue weighted by atomic mass is 35.5. The van der Waals surface area contributed by atoms with Crippen molar-refractivity contribution in [1.82, 2.24) is 0 Å². The van der Waals surface area contributed by atoms with Gasteiger partial charge in [0.1, 0.15) is 0 Å². The van der Waals surface area contributed by atoms with E-state index in [1.54, 1.807) is 37.0 Å². The summed E-state index contributed by atoms with van der Waals surface area (Å²) in [4.78, 5) is 0. The molecule has 0 aliphatic carbocycles. The molecule has 0 nitrogen and oxygen atoms in total. The van der Waals surface area contributed by atoms with Crippen LogP contribution in [0, 0.1) is 5.92 Å². The van der Waals surface area contributed by atoms with Crippen molar-refractivity contribution in [2.75, 3.05) is 5.88 Å². The quantitative estimate of drug-likeness (QED) is 0.447. The van der Waals surface area contributed by atoms with Gasteiger partial charge in [0, 0.05) is 5.88 Å². The van der Waals surface area contributed by atoms with Crippen molar-refractivity contribution in [3.8, 4) is 0 Å². The number of hydrogen-bond donors (Lipinski definition) is 0. The van der Waals surface area contributed by atoms with Gasteiger partial charge in [-0.25, -0.2) is 0 Å². The maximum atomic E-state index is 5.96. The number of hydrogen-bond acceptors (Lipinski definition) is 0. The van der Waals surface area contributed by atoms with Crippen LogP contribution in [0.25, 0.3) is 0 Å². The average molecular weight is 203 g/mol. The first-order valence-corrected chi connectivity index (χ1v) is 8.77. The molecule has 0 amide bonds. The summed E-state index contributed by atoms with van der Waals surface area (Å²) in [6, 6.07) is 6.50. The minimum absolute atomic E-state index is 0.688. The Morgan fingerprint density at radius 1 is 1.08 bits per heavy atom. The first kappa shape index (κ1) is 9.08. The van der Waals surface area contributed by atoms with Crippen molar-refractivity contribution < 1.29 is 0 Å². The monoisotopic (exact) mass is 202 g/mol. The van der Waals surface area contributed by atoms with E-state index in [0.717, 1.165) is 11.8 Å². The molecular formula is C10H19ClSi. The summed E-state index contributed by atoms with van der Waals surface area (Å²) in [7, 11) is -0.688. The zero-order valence-electron chi connectivity index (χ0n) is 7.82. The molecular weight excluding hydrogens is 184 g/mol. The van der Waals surface area contributed by atoms with Crippen LogP contribution in [0.2, 0.25) is 24.2 Å². The lowest BCUT2D eigenvalue weighted by atomic mass is 10.1. The van der Waals surface area contributed by atoms with Crippen molar-refractivity contribution in [3.63, 3.8) is 0 Å². The van der Waals surface area contributed by atoms with Gasteiger partial charge in [-0.3, -0.25) is 0 Å². The lowest BCUT2D eigenvalue weighted by molar-refractivity contribution is 0.540. The van der Waals surface area contributed by atoms with Crippen molar-refractivity contribution in [1.29, 1.82) is 0 Å². The molecule has 0 aromatic heterocycles. The molecule has 1 unspecified atom stereocenters. The van der Waals surface area contributed by atoms with E-state index < -0.39 is 8.07 Å². The summed E-state index contributed by atoms with van der Waals surface area (Å²) >= 11 is 5.96. The van der Waals surface area contributed by atoms with Crippen LogP contribution in [0.15, 0.2) is 0 Å². The van der Waals surface area contributed by atoms with Crippen molar-refractivity contribution >= 4 is 19.7 Å². The lowest BCUT2D eigenvalue weighted by Gasteiger charge is -2.35. The van der Waals surface area contributed by atoms with Gasteiger partial charge in [0.2, 0.25) is 0 Å². The second kappa shape index (κ2) is 3.71. The molecule has 1 atom stereocenters. The van der Waals surface area contributed by atoms with Gasteiger partial charge in [0.05, 0.1) is 8.07 Å². The molecule has 2 rings (SSSR count). The highest BCUT2D eigenvalue weighted by Crippen LogP contribution is 2.44. The average Bonchev–Trinajstić information content (AvgIpc) is 2.53. The third-order valence-electron chi connectivity index (χ3n) is 3.92. The molecule has 0 bridgehead atoms. The third kappa shape index (κ3) is 1.72. The third-order valence-corrected chi connectivity index (χ3v) is 10.0. The molecule has 0 N–H and O–H groups in total. The number of rotatable bonds is 1. The Bertz CT molecular complexity index is 152. The maximum absolute atomic E-state index is 5.96. The van der Waals surface area contributed by atoms with Gasteiger partial charge in [-0.1, -0.05) is 43.4 Å². The van der Waals surface area contributed by atoms with Crippen LogP contribution in [-0.2, 0) is 0 Å². The van der Waals surface area contributed by atoms with E-state index in [1.165, 1.54) is 12.8 Å². The largest absolute Gasteiger partial charge is 0.126 e. The van der Waals surface area contributed by atoms with Gasteiger partial charge >= 0.3 is 0 Å². The molecule has 0 saturated carbocycles. The zero-order valence-corrected chi connectivity index (χ0v) is 9.58. The Morgan fingerprint density at radius 3 is 2.42 bits per heavy atom. The molecule has 2 heterocycles.